The van der Waals surface area contributed by atoms with Gasteiger partial charge in [-0.05, 0) is 13.8 Å². The number of carbonyl (C=O) groups is 2. The average molecular weight is 1370 g/mol. The second kappa shape index (κ2) is 32.6. The molecule has 0 aromatic rings. The van der Waals surface area contributed by atoms with Crippen LogP contribution in [0.4, 0.5) is 0 Å². The van der Waals surface area contributed by atoms with Crippen LogP contribution >= 0.6 is 0 Å². The van der Waals surface area contributed by atoms with Crippen LogP contribution in [0, 0.1) is 0 Å². The van der Waals surface area contributed by atoms with Gasteiger partial charge in [0.05, 0.1) is 51.8 Å². The molecule has 93 heavy (non-hydrogen) atoms. The Morgan fingerprint density at radius 1 is 0.301 bits per heavy atom. The third-order valence-electron chi connectivity index (χ3n) is 17.4. The molecular weight excluding hydrogens is 1280 g/mol. The molecule has 0 bridgehead atoms. The quantitative estimate of drug-likeness (QED) is 0.0479. The Kier molecular flexibility index (Phi) is 26.7. The van der Waals surface area contributed by atoms with Crippen molar-refractivity contribution >= 4 is 11.8 Å². The third-order valence-corrected chi connectivity index (χ3v) is 17.4. The van der Waals surface area contributed by atoms with Crippen LogP contribution in [0.1, 0.15) is 27.7 Å². The summed E-state index contributed by atoms with van der Waals surface area (Å²) in [5, 5.41) is 244. The summed E-state index contributed by atoms with van der Waals surface area (Å²) in [5.74, 6) is -1.88. The second-order valence-corrected chi connectivity index (χ2v) is 23.9. The second-order valence-electron chi connectivity index (χ2n) is 23.9. The maximum Gasteiger partial charge on any atom is 0.217 e. The smallest absolute Gasteiger partial charge is 0.217 e. The molecule has 0 radical (unpaired) electrons. The summed E-state index contributed by atoms with van der Waals surface area (Å²) in [6.45, 7) is -1.86. The van der Waals surface area contributed by atoms with Crippen molar-refractivity contribution in [2.75, 3.05) is 39.6 Å². The van der Waals surface area contributed by atoms with Crippen LogP contribution in [-0.4, -0.2) is 409 Å². The Balaban J connectivity index is 1.16. The number of nitrogens with one attached hydrogen (secondary N) is 2. The van der Waals surface area contributed by atoms with Crippen LogP contribution in [-0.2, 0) is 80.6 Å². The number of hydrogen-bond donors (Lipinski definition) is 24. The molecule has 8 aliphatic rings. The molecule has 8 fully saturated rings. The van der Waals surface area contributed by atoms with Crippen molar-refractivity contribution in [3.8, 4) is 0 Å². The summed E-state index contributed by atoms with van der Waals surface area (Å²) < 4.78 is 89.1. The number of carbonyl (C=O) groups excluding carboxylic acids is 2. The van der Waals surface area contributed by atoms with Crippen molar-refractivity contribution in [3.05, 3.63) is 0 Å². The minimum atomic E-state index is -2.42. The van der Waals surface area contributed by atoms with E-state index < -0.39 is 297 Å². The summed E-state index contributed by atoms with van der Waals surface area (Å²) in [7, 11) is 0. The largest absolute Gasteiger partial charge is 0.394 e. The van der Waals surface area contributed by atoms with Gasteiger partial charge in [0.1, 0.15) is 183 Å². The highest BCUT2D eigenvalue weighted by Gasteiger charge is 2.60. The van der Waals surface area contributed by atoms with Gasteiger partial charge in [-0.1, -0.05) is 0 Å². The zero-order valence-corrected chi connectivity index (χ0v) is 50.1. The lowest BCUT2D eigenvalue weighted by Crippen LogP contribution is -2.71. The van der Waals surface area contributed by atoms with Crippen molar-refractivity contribution in [2.24, 2.45) is 0 Å². The molecule has 24 N–H and O–H groups in total. The van der Waals surface area contributed by atoms with Gasteiger partial charge in [0.2, 0.25) is 11.8 Å². The standard InChI is InChI=1S/C52H88N2O39/c1-11-23(62)28(67)34(73)48(80-11)91-42-21(53-13(3)60)46(85-18(8-58)40(42)89-50-36(75)30(69)25(64)15(5-55)83-50)79-10-20-27(66)44(38(77)52(87-20)88-39-17(7-57)82-45(78)33(72)32(39)71)93-47-22(54-14(4)61)43(92-49-35(74)29(68)24(63)12(2)81-49)41(19(9-59)86-47)90-51-37(76)31(70)26(65)16(6-56)84-51/h11-12,15-52,55-59,62-78H,5-10H2,1-4H3,(H,53,60)(H,54,61)/t11-,12-,15-,16-,17-,18-,19-,20-,21-,22-,23+,24+,25+,26+,27+,28+,29+,30+,31+,32-,33-,34-,35-,36-,37-,38-,39-,40-,41-,42-,43-,44+,45-,46-,47+,48-,49-,50+,51+,52+/m1/s1. The molecule has 0 spiro atoms. The summed E-state index contributed by atoms with van der Waals surface area (Å²) in [4.78, 5) is 26.5. The summed E-state index contributed by atoms with van der Waals surface area (Å²) >= 11 is 0. The Labute approximate surface area is 527 Å². The lowest BCUT2D eigenvalue weighted by molar-refractivity contribution is -0.394. The predicted molar refractivity (Wildman–Crippen MR) is 285 cm³/mol. The van der Waals surface area contributed by atoms with E-state index in [1.165, 1.54) is 13.8 Å². The maximum atomic E-state index is 13.3. The van der Waals surface area contributed by atoms with Crippen LogP contribution in [0.25, 0.3) is 0 Å². The molecule has 8 saturated heterocycles. The molecule has 0 saturated carbocycles. The van der Waals surface area contributed by atoms with Gasteiger partial charge in [0, 0.05) is 13.8 Å². The normalized spacial score (nSPS) is 51.6. The van der Waals surface area contributed by atoms with Crippen molar-refractivity contribution in [1.29, 1.82) is 0 Å². The van der Waals surface area contributed by atoms with E-state index in [4.69, 9.17) is 71.1 Å². The van der Waals surface area contributed by atoms with E-state index in [9.17, 15) is 122 Å². The molecule has 8 aliphatic heterocycles. The number of aliphatic hydroxyl groups excluding tert-OH is 22. The first kappa shape index (κ1) is 76.2. The van der Waals surface area contributed by atoms with Gasteiger partial charge < -0.3 is 194 Å². The predicted octanol–water partition coefficient (Wildman–Crippen LogP) is -16.1. The SMILES string of the molecule is CC(=O)N[C@H]1[C@H](OC[C@H]2O[C@@H](O[C@H]3[C@H](O)[C@@H](O)[C@H](O)O[C@@H]3CO)[C@H](O)[C@@H](O[C@@H]3O[C@H](CO)[C@@H](O[C@@H]4O[C@H](CO)[C@H](O)[C@H](O)[C@H]4O)[C@H](O[C@H]4O[C@H](C)[C@H](O)[C@H](O)[C@H]4O)[C@H]3NC(C)=O)[C@H]2O)O[C@H](CO)[C@@H](O[C@@H]2O[C@H](CO)[C@H](O)[C@H](O)[C@H]2O)[C@@H]1O[C@H]1O[C@H](C)[C@H](O)[C@H](O)[C@H]1O. The number of rotatable bonds is 22. The van der Waals surface area contributed by atoms with Crippen LogP contribution in [0.3, 0.4) is 0 Å². The van der Waals surface area contributed by atoms with Crippen molar-refractivity contribution in [1.82, 2.24) is 10.6 Å². The maximum absolute atomic E-state index is 13.3. The fraction of sp³-hybridized carbons (Fsp3) is 0.962. The molecular formula is C52H88N2O39. The van der Waals surface area contributed by atoms with Gasteiger partial charge >= 0.3 is 0 Å². The molecule has 540 valence electrons. The molecule has 0 aromatic heterocycles. The molecule has 0 aliphatic carbocycles. The Morgan fingerprint density at radius 2 is 0.624 bits per heavy atom. The molecule has 8 rings (SSSR count). The number of hydrogen-bond acceptors (Lipinski definition) is 39. The first-order chi connectivity index (χ1) is 43.9. The zero-order valence-electron chi connectivity index (χ0n) is 50.1. The lowest BCUT2D eigenvalue weighted by atomic mass is 9.93. The van der Waals surface area contributed by atoms with E-state index >= 15 is 0 Å². The van der Waals surface area contributed by atoms with E-state index in [0.717, 1.165) is 13.8 Å². The van der Waals surface area contributed by atoms with Crippen molar-refractivity contribution in [3.63, 3.8) is 0 Å². The molecule has 41 heteroatoms. The van der Waals surface area contributed by atoms with E-state index in [1.54, 1.807) is 0 Å². The van der Waals surface area contributed by atoms with E-state index in [0.29, 0.717) is 0 Å². The molecule has 2 amide bonds. The minimum Gasteiger partial charge on any atom is -0.394 e. The molecule has 40 atom stereocenters. The van der Waals surface area contributed by atoms with Crippen molar-refractivity contribution in [2.45, 2.75) is 273 Å². The third kappa shape index (κ3) is 16.4. The Morgan fingerprint density at radius 3 is 1.04 bits per heavy atom. The van der Waals surface area contributed by atoms with E-state index in [1.807, 2.05) is 0 Å². The van der Waals surface area contributed by atoms with Gasteiger partial charge in [-0.2, -0.15) is 0 Å². The van der Waals surface area contributed by atoms with Crippen LogP contribution in [0.2, 0.25) is 0 Å². The zero-order chi connectivity index (χ0) is 68.5. The first-order valence-corrected chi connectivity index (χ1v) is 29.9. The fourth-order valence-corrected chi connectivity index (χ4v) is 12.1. The van der Waals surface area contributed by atoms with Crippen LogP contribution < -0.4 is 10.6 Å². The van der Waals surface area contributed by atoms with E-state index in [2.05, 4.69) is 10.6 Å². The average Bonchev–Trinajstić information content (AvgIpc) is 0.778. The molecule has 0 unspecified atom stereocenters. The number of amides is 2. The van der Waals surface area contributed by atoms with Crippen molar-refractivity contribution < 1.29 is 193 Å². The number of ether oxygens (including phenoxy) is 15. The lowest BCUT2D eigenvalue weighted by Gasteiger charge is -2.52. The fourth-order valence-electron chi connectivity index (χ4n) is 12.1. The highest BCUT2D eigenvalue weighted by Crippen LogP contribution is 2.39. The van der Waals surface area contributed by atoms with Gasteiger partial charge in [0.15, 0.2) is 50.3 Å². The summed E-state index contributed by atoms with van der Waals surface area (Å²) in [5.41, 5.74) is 0. The molecule has 41 nitrogen and oxygen atoms in total. The minimum absolute atomic E-state index is 0.912. The summed E-state index contributed by atoms with van der Waals surface area (Å²) in [6.07, 6.45) is -75.0. The Bertz CT molecular complexity index is 2350. The molecule has 8 heterocycles. The van der Waals surface area contributed by atoms with Crippen LogP contribution in [0.5, 0.6) is 0 Å². The van der Waals surface area contributed by atoms with Gasteiger partial charge in [-0.3, -0.25) is 9.59 Å². The molecule has 0 aromatic carbocycles. The van der Waals surface area contributed by atoms with Crippen LogP contribution in [0.15, 0.2) is 0 Å². The van der Waals surface area contributed by atoms with Gasteiger partial charge in [0.25, 0.3) is 0 Å². The number of aliphatic hydroxyl groups is 22. The topological polar surface area (TPSA) is 642 Å². The monoisotopic (exact) mass is 1360 g/mol. The highest BCUT2D eigenvalue weighted by atomic mass is 16.8. The summed E-state index contributed by atoms with van der Waals surface area (Å²) in [6, 6.07) is -3.80. The highest BCUT2D eigenvalue weighted by molar-refractivity contribution is 5.73. The van der Waals surface area contributed by atoms with Gasteiger partial charge in [-0.15, -0.1) is 0 Å². The first-order valence-electron chi connectivity index (χ1n) is 29.9. The van der Waals surface area contributed by atoms with Gasteiger partial charge in [-0.25, -0.2) is 0 Å². The van der Waals surface area contributed by atoms with E-state index in [-0.39, 0.29) is 0 Å². The Hall–Kier alpha value is -2.54.